The van der Waals surface area contributed by atoms with E-state index in [1.807, 2.05) is 0 Å². The van der Waals surface area contributed by atoms with E-state index in [9.17, 15) is 0 Å². The van der Waals surface area contributed by atoms with Crippen LogP contribution in [0.3, 0.4) is 0 Å². The van der Waals surface area contributed by atoms with E-state index in [4.69, 9.17) is 9.47 Å². The summed E-state index contributed by atoms with van der Waals surface area (Å²) >= 11 is 0. The van der Waals surface area contributed by atoms with E-state index in [1.54, 1.807) is 0 Å². The molecule has 43 heavy (non-hydrogen) atoms. The van der Waals surface area contributed by atoms with Crippen LogP contribution < -0.4 is 0 Å². The second kappa shape index (κ2) is 32.3. The number of unbranched alkanes of at least 4 members (excludes halogenated alkanes) is 17. The van der Waals surface area contributed by atoms with Crippen LogP contribution in [0.15, 0.2) is 48.6 Å². The van der Waals surface area contributed by atoms with Crippen molar-refractivity contribution < 1.29 is 9.47 Å². The van der Waals surface area contributed by atoms with Crippen LogP contribution in [0.4, 0.5) is 0 Å². The predicted molar refractivity (Wildman–Crippen MR) is 192 cm³/mol. The van der Waals surface area contributed by atoms with Crippen LogP contribution in [0.2, 0.25) is 0 Å². The number of ether oxygens (including phenoxy) is 2. The molecule has 0 unspecified atom stereocenters. The van der Waals surface area contributed by atoms with Gasteiger partial charge in [-0.3, -0.25) is 0 Å². The Kier molecular flexibility index (Phi) is 30.0. The van der Waals surface area contributed by atoms with Gasteiger partial charge in [0.2, 0.25) is 0 Å². The minimum atomic E-state index is 0.324. The highest BCUT2D eigenvalue weighted by Crippen LogP contribution is 2.30. The van der Waals surface area contributed by atoms with Gasteiger partial charge in [-0.2, -0.15) is 0 Å². The lowest BCUT2D eigenvalue weighted by atomic mass is 10.1. The third-order valence-electron chi connectivity index (χ3n) is 8.79. The van der Waals surface area contributed by atoms with E-state index in [1.165, 1.54) is 148 Å². The summed E-state index contributed by atoms with van der Waals surface area (Å²) in [5.41, 5.74) is 0. The molecule has 1 aliphatic carbocycles. The van der Waals surface area contributed by atoms with Crippen LogP contribution in [-0.4, -0.2) is 25.4 Å². The van der Waals surface area contributed by atoms with Crippen LogP contribution in [0.25, 0.3) is 0 Å². The molecule has 0 spiro atoms. The van der Waals surface area contributed by atoms with Gasteiger partial charge in [-0.25, -0.2) is 0 Å². The second-order valence-corrected chi connectivity index (χ2v) is 13.2. The van der Waals surface area contributed by atoms with Gasteiger partial charge in [0.1, 0.15) is 0 Å². The maximum atomic E-state index is 6.33. The highest BCUT2D eigenvalue weighted by atomic mass is 16.5. The van der Waals surface area contributed by atoms with E-state index in [0.29, 0.717) is 12.2 Å². The highest BCUT2D eigenvalue weighted by molar-refractivity contribution is 4.93. The summed E-state index contributed by atoms with van der Waals surface area (Å²) in [6, 6.07) is 0. The van der Waals surface area contributed by atoms with Crippen LogP contribution in [0.5, 0.6) is 0 Å². The predicted octanol–water partition coefficient (Wildman–Crippen LogP) is 13.4. The van der Waals surface area contributed by atoms with Crippen molar-refractivity contribution >= 4 is 0 Å². The molecule has 0 saturated heterocycles. The minimum absolute atomic E-state index is 0.324. The Morgan fingerprint density at radius 3 is 1.12 bits per heavy atom. The Bertz CT molecular complexity index is 675. The van der Waals surface area contributed by atoms with Crippen molar-refractivity contribution in [2.24, 2.45) is 5.92 Å². The molecule has 1 saturated carbocycles. The van der Waals surface area contributed by atoms with Gasteiger partial charge in [0.25, 0.3) is 0 Å². The van der Waals surface area contributed by atoms with Gasteiger partial charge in [0.15, 0.2) is 0 Å². The Morgan fingerprint density at radius 2 is 0.744 bits per heavy atom. The van der Waals surface area contributed by atoms with Gasteiger partial charge in [-0.1, -0.05) is 140 Å². The smallest absolute Gasteiger partial charge is 0.0839 e. The Labute approximate surface area is 270 Å². The normalized spacial score (nSPS) is 19.4. The van der Waals surface area contributed by atoms with Crippen molar-refractivity contribution in [3.05, 3.63) is 48.6 Å². The lowest BCUT2D eigenvalue weighted by Gasteiger charge is -2.21. The number of hydrogen-bond acceptors (Lipinski definition) is 2. The van der Waals surface area contributed by atoms with E-state index in [-0.39, 0.29) is 0 Å². The van der Waals surface area contributed by atoms with Crippen LogP contribution in [0.1, 0.15) is 181 Å². The summed E-state index contributed by atoms with van der Waals surface area (Å²) in [7, 11) is 0. The summed E-state index contributed by atoms with van der Waals surface area (Å²) in [6.45, 7) is 8.71. The molecule has 2 heteroatoms. The highest BCUT2D eigenvalue weighted by Gasteiger charge is 2.33. The SMILES string of the molecule is CCCCC/C=C\C/C=C\CCCCCCCCO[C@@H]1C[C@H](C)C[C@@H]1OCCCCCCC/C=C\C/C=C\CCCCC. The van der Waals surface area contributed by atoms with Crippen molar-refractivity contribution in [2.45, 2.75) is 193 Å². The largest absolute Gasteiger partial charge is 0.376 e. The van der Waals surface area contributed by atoms with Gasteiger partial charge in [0.05, 0.1) is 12.2 Å². The average molecular weight is 599 g/mol. The molecule has 0 aromatic carbocycles. The zero-order chi connectivity index (χ0) is 30.9. The Hall–Kier alpha value is -1.12. The summed E-state index contributed by atoms with van der Waals surface area (Å²) in [6.07, 6.45) is 51.4. The third-order valence-corrected chi connectivity index (χ3v) is 8.79. The molecule has 0 radical (unpaired) electrons. The number of allylic oxidation sites excluding steroid dienone is 8. The average Bonchev–Trinajstić information content (AvgIpc) is 3.37. The molecular formula is C41H74O2. The second-order valence-electron chi connectivity index (χ2n) is 13.2. The third kappa shape index (κ3) is 27.0. The van der Waals surface area contributed by atoms with Crippen molar-refractivity contribution in [1.82, 2.24) is 0 Å². The fourth-order valence-electron chi connectivity index (χ4n) is 6.02. The van der Waals surface area contributed by atoms with Gasteiger partial charge in [-0.05, 0) is 95.8 Å². The molecule has 0 bridgehead atoms. The minimum Gasteiger partial charge on any atom is -0.376 e. The Morgan fingerprint density at radius 1 is 0.419 bits per heavy atom. The zero-order valence-electron chi connectivity index (χ0n) is 29.3. The van der Waals surface area contributed by atoms with Gasteiger partial charge in [-0.15, -0.1) is 0 Å². The first-order valence-corrected chi connectivity index (χ1v) is 19.1. The quantitative estimate of drug-likeness (QED) is 0.0583. The van der Waals surface area contributed by atoms with Gasteiger partial charge >= 0.3 is 0 Å². The topological polar surface area (TPSA) is 18.5 Å². The summed E-state index contributed by atoms with van der Waals surface area (Å²) in [5, 5.41) is 0. The summed E-state index contributed by atoms with van der Waals surface area (Å²) in [5.74, 6) is 0.732. The van der Waals surface area contributed by atoms with E-state index in [0.717, 1.165) is 32.0 Å². The first-order chi connectivity index (χ1) is 21.3. The number of hydrogen-bond donors (Lipinski definition) is 0. The molecule has 0 aromatic rings. The standard InChI is InChI=1S/C41H74O2/c1-4-6-8-10-12-14-16-18-20-22-24-26-28-30-32-34-36-43-41-38-39(3)37-40(41)42-35-33-31-29-27-25-23-21-19-17-15-13-11-9-7-5-2/h12-15,18-21,39-41H,4-11,16-17,22-38H2,1-3H3/b14-12-,15-13-,20-18-,21-19-/t39-,40+,41-/m1/s1. The lowest BCUT2D eigenvalue weighted by molar-refractivity contribution is -0.0578. The van der Waals surface area contributed by atoms with E-state index in [2.05, 4.69) is 69.4 Å². The zero-order valence-corrected chi connectivity index (χ0v) is 29.3. The monoisotopic (exact) mass is 599 g/mol. The molecule has 0 aliphatic heterocycles. The van der Waals surface area contributed by atoms with E-state index >= 15 is 0 Å². The van der Waals surface area contributed by atoms with Crippen LogP contribution in [-0.2, 0) is 9.47 Å². The molecule has 2 nitrogen and oxygen atoms in total. The Balaban J connectivity index is 1.91. The maximum absolute atomic E-state index is 6.33. The lowest BCUT2D eigenvalue weighted by Crippen LogP contribution is -2.27. The molecule has 0 amide bonds. The van der Waals surface area contributed by atoms with Gasteiger partial charge < -0.3 is 9.47 Å². The van der Waals surface area contributed by atoms with Crippen molar-refractivity contribution in [1.29, 1.82) is 0 Å². The van der Waals surface area contributed by atoms with Crippen molar-refractivity contribution in [2.75, 3.05) is 13.2 Å². The van der Waals surface area contributed by atoms with E-state index < -0.39 is 0 Å². The number of rotatable bonds is 31. The molecule has 1 rings (SSSR count). The van der Waals surface area contributed by atoms with Crippen LogP contribution >= 0.6 is 0 Å². The summed E-state index contributed by atoms with van der Waals surface area (Å²) in [4.78, 5) is 0. The molecular weight excluding hydrogens is 524 g/mol. The van der Waals surface area contributed by atoms with Crippen LogP contribution in [0, 0.1) is 5.92 Å². The molecule has 1 aliphatic rings. The summed E-state index contributed by atoms with van der Waals surface area (Å²) < 4.78 is 12.7. The molecule has 3 atom stereocenters. The molecule has 0 N–H and O–H groups in total. The molecule has 0 heterocycles. The van der Waals surface area contributed by atoms with Crippen molar-refractivity contribution in [3.63, 3.8) is 0 Å². The molecule has 0 aromatic heterocycles. The van der Waals surface area contributed by atoms with Gasteiger partial charge in [0, 0.05) is 13.2 Å². The fraction of sp³-hybridized carbons (Fsp3) is 0.805. The maximum Gasteiger partial charge on any atom is 0.0839 e. The fourth-order valence-corrected chi connectivity index (χ4v) is 6.02. The first-order valence-electron chi connectivity index (χ1n) is 19.1. The molecule has 250 valence electrons. The van der Waals surface area contributed by atoms with Crippen molar-refractivity contribution in [3.8, 4) is 0 Å². The first kappa shape index (κ1) is 39.9. The molecule has 1 fully saturated rings.